The van der Waals surface area contributed by atoms with Crippen LogP contribution in [0.5, 0.6) is 0 Å². The maximum Gasteiger partial charge on any atom is 0.303 e. The van der Waals surface area contributed by atoms with Gasteiger partial charge >= 0.3 is 5.97 Å². The lowest BCUT2D eigenvalue weighted by atomic mass is 9.84. The topological polar surface area (TPSA) is 66.8 Å². The number of unbranched alkanes of at least 4 members (excludes halogenated alkanes) is 2. The lowest BCUT2D eigenvalue weighted by Gasteiger charge is -2.21. The third kappa shape index (κ3) is 22.6. The van der Waals surface area contributed by atoms with Gasteiger partial charge in [-0.25, -0.2) is 0 Å². The first-order chi connectivity index (χ1) is 9.22. The second-order valence-electron chi connectivity index (χ2n) is 6.51. The van der Waals surface area contributed by atoms with Gasteiger partial charge in [-0.2, -0.15) is 0 Å². The summed E-state index contributed by atoms with van der Waals surface area (Å²) in [5.74, 6) is -0.408. The van der Waals surface area contributed by atoms with Crippen LogP contribution in [0, 0.1) is 11.3 Å². The monoisotopic (exact) mass is 290 g/mol. The Hall–Kier alpha value is -0.610. The van der Waals surface area contributed by atoms with Crippen LogP contribution >= 0.6 is 0 Å². The summed E-state index contributed by atoms with van der Waals surface area (Å²) < 4.78 is 5.03. The van der Waals surface area contributed by atoms with E-state index in [1.165, 1.54) is 12.8 Å². The van der Waals surface area contributed by atoms with E-state index in [9.17, 15) is 4.79 Å². The molecule has 0 bridgehead atoms. The van der Waals surface area contributed by atoms with Gasteiger partial charge in [0.05, 0.1) is 13.2 Å². The molecule has 0 aromatic heterocycles. The van der Waals surface area contributed by atoms with E-state index < -0.39 is 5.97 Å². The van der Waals surface area contributed by atoms with Gasteiger partial charge < -0.3 is 14.9 Å². The van der Waals surface area contributed by atoms with Gasteiger partial charge in [0.2, 0.25) is 0 Å². The fraction of sp³-hybridized carbons (Fsp3) is 0.938. The number of carboxylic acid groups (broad SMARTS) is 1. The zero-order chi connectivity index (χ0) is 16.0. The highest BCUT2D eigenvalue weighted by atomic mass is 16.5. The maximum atomic E-state index is 10.3. The number of hydrogen-bond acceptors (Lipinski definition) is 3. The average Bonchev–Trinajstić information content (AvgIpc) is 2.26. The van der Waals surface area contributed by atoms with Crippen molar-refractivity contribution in [2.45, 2.75) is 66.7 Å². The molecule has 0 aromatic carbocycles. The van der Waals surface area contributed by atoms with Gasteiger partial charge in [0.1, 0.15) is 0 Å². The smallest absolute Gasteiger partial charge is 0.303 e. The number of rotatable bonds is 9. The maximum absolute atomic E-state index is 10.3. The predicted octanol–water partition coefficient (Wildman–Crippen LogP) is 3.72. The number of ether oxygens (including phenoxy) is 1. The van der Waals surface area contributed by atoms with Crippen LogP contribution in [0.2, 0.25) is 0 Å². The van der Waals surface area contributed by atoms with Gasteiger partial charge in [-0.1, -0.05) is 47.5 Å². The number of hydrogen-bond donors (Lipinski definition) is 2. The van der Waals surface area contributed by atoms with Crippen LogP contribution in [0.1, 0.15) is 66.7 Å². The summed E-state index contributed by atoms with van der Waals surface area (Å²) in [7, 11) is 0. The number of carbonyl (C=O) groups is 1. The van der Waals surface area contributed by atoms with Gasteiger partial charge in [-0.15, -0.1) is 0 Å². The third-order valence-electron chi connectivity index (χ3n) is 2.61. The molecule has 20 heavy (non-hydrogen) atoms. The number of aliphatic hydroxyl groups excluding tert-OH is 1. The van der Waals surface area contributed by atoms with E-state index >= 15 is 0 Å². The van der Waals surface area contributed by atoms with Crippen molar-refractivity contribution in [3.63, 3.8) is 0 Å². The minimum Gasteiger partial charge on any atom is -0.481 e. The first-order valence-corrected chi connectivity index (χ1v) is 7.63. The van der Waals surface area contributed by atoms with E-state index in [1.807, 2.05) is 6.92 Å². The molecule has 0 aliphatic heterocycles. The van der Waals surface area contributed by atoms with E-state index in [0.29, 0.717) is 6.61 Å². The Bertz CT molecular complexity index is 215. The number of aliphatic hydroxyl groups is 1. The second-order valence-corrected chi connectivity index (χ2v) is 6.51. The molecule has 0 fully saturated rings. The summed E-state index contributed by atoms with van der Waals surface area (Å²) in [6.45, 7) is 12.0. The molecule has 4 nitrogen and oxygen atoms in total. The van der Waals surface area contributed by atoms with Crippen LogP contribution in [0.3, 0.4) is 0 Å². The van der Waals surface area contributed by atoms with E-state index in [0.717, 1.165) is 19.4 Å². The molecule has 122 valence electrons. The molecule has 0 radical (unpaired) electrons. The van der Waals surface area contributed by atoms with Crippen LogP contribution < -0.4 is 0 Å². The SMILES string of the molecule is CC(CC(=O)O)CC(C)(C)C.CCCCCOCCO. The fourth-order valence-electron chi connectivity index (χ4n) is 2.04. The summed E-state index contributed by atoms with van der Waals surface area (Å²) >= 11 is 0. The first kappa shape index (κ1) is 21.7. The second kappa shape index (κ2) is 13.4. The molecule has 0 saturated heterocycles. The molecule has 0 aliphatic carbocycles. The van der Waals surface area contributed by atoms with Crippen LogP contribution in [0.4, 0.5) is 0 Å². The molecule has 0 spiro atoms. The molecule has 0 rings (SSSR count). The van der Waals surface area contributed by atoms with E-state index in [2.05, 4.69) is 27.7 Å². The Kier molecular flexibility index (Phi) is 14.5. The van der Waals surface area contributed by atoms with E-state index in [4.69, 9.17) is 14.9 Å². The third-order valence-corrected chi connectivity index (χ3v) is 2.61. The van der Waals surface area contributed by atoms with Crippen molar-refractivity contribution in [1.29, 1.82) is 0 Å². The van der Waals surface area contributed by atoms with Gasteiger partial charge in [0, 0.05) is 13.0 Å². The summed E-state index contributed by atoms with van der Waals surface area (Å²) in [5.41, 5.74) is 0.245. The van der Waals surface area contributed by atoms with Crippen LogP contribution in [-0.2, 0) is 9.53 Å². The summed E-state index contributed by atoms with van der Waals surface area (Å²) in [6, 6.07) is 0. The van der Waals surface area contributed by atoms with Crippen LogP contribution in [-0.4, -0.2) is 36.0 Å². The lowest BCUT2D eigenvalue weighted by Crippen LogP contribution is -2.13. The summed E-state index contributed by atoms with van der Waals surface area (Å²) in [5, 5.41) is 16.8. The molecule has 4 heteroatoms. The van der Waals surface area contributed by atoms with Gasteiger partial charge in [0.15, 0.2) is 0 Å². The van der Waals surface area contributed by atoms with Crippen molar-refractivity contribution in [2.75, 3.05) is 19.8 Å². The van der Waals surface area contributed by atoms with Gasteiger partial charge in [0.25, 0.3) is 0 Å². The Morgan fingerprint density at radius 2 is 1.80 bits per heavy atom. The lowest BCUT2D eigenvalue weighted by molar-refractivity contribution is -0.138. The molecule has 0 aromatic rings. The quantitative estimate of drug-likeness (QED) is 0.635. The average molecular weight is 290 g/mol. The Labute approximate surface area is 124 Å². The first-order valence-electron chi connectivity index (χ1n) is 7.63. The van der Waals surface area contributed by atoms with Crippen molar-refractivity contribution in [3.05, 3.63) is 0 Å². The van der Waals surface area contributed by atoms with Crippen molar-refractivity contribution >= 4 is 5.97 Å². The van der Waals surface area contributed by atoms with Crippen molar-refractivity contribution in [3.8, 4) is 0 Å². The standard InChI is InChI=1S/C9H18O2.C7H16O2/c1-7(5-8(10)11)6-9(2,3)4;1-2-3-4-6-9-7-5-8/h7H,5-6H2,1-4H3,(H,10,11);8H,2-7H2,1H3. The highest BCUT2D eigenvalue weighted by Crippen LogP contribution is 2.25. The molecule has 1 atom stereocenters. The molecule has 0 saturated carbocycles. The molecular formula is C16H34O4. The molecule has 1 unspecified atom stereocenters. The molecule has 0 aliphatic rings. The Morgan fingerprint density at radius 3 is 2.20 bits per heavy atom. The van der Waals surface area contributed by atoms with Crippen molar-refractivity contribution < 1.29 is 19.7 Å². The van der Waals surface area contributed by atoms with E-state index in [1.54, 1.807) is 0 Å². The largest absolute Gasteiger partial charge is 0.481 e. The highest BCUT2D eigenvalue weighted by Gasteiger charge is 2.16. The summed E-state index contributed by atoms with van der Waals surface area (Å²) in [6.07, 6.45) is 4.83. The minimum absolute atomic E-state index is 0.145. The fourth-order valence-corrected chi connectivity index (χ4v) is 2.04. The van der Waals surface area contributed by atoms with Crippen molar-refractivity contribution in [1.82, 2.24) is 0 Å². The van der Waals surface area contributed by atoms with Crippen LogP contribution in [0.25, 0.3) is 0 Å². The minimum atomic E-state index is -0.693. The van der Waals surface area contributed by atoms with E-state index in [-0.39, 0.29) is 24.4 Å². The Morgan fingerprint density at radius 1 is 1.20 bits per heavy atom. The summed E-state index contributed by atoms with van der Waals surface area (Å²) in [4.78, 5) is 10.3. The molecular weight excluding hydrogens is 256 g/mol. The highest BCUT2D eigenvalue weighted by molar-refractivity contribution is 5.66. The van der Waals surface area contributed by atoms with Crippen molar-refractivity contribution in [2.24, 2.45) is 11.3 Å². The zero-order valence-corrected chi connectivity index (χ0v) is 13.9. The van der Waals surface area contributed by atoms with Gasteiger partial charge in [-0.05, 0) is 24.2 Å². The van der Waals surface area contributed by atoms with Crippen LogP contribution in [0.15, 0.2) is 0 Å². The number of carboxylic acids is 1. The Balaban J connectivity index is 0. The molecule has 0 amide bonds. The number of aliphatic carboxylic acids is 1. The molecule has 2 N–H and O–H groups in total. The normalized spacial score (nSPS) is 12.5. The zero-order valence-electron chi connectivity index (χ0n) is 13.9. The predicted molar refractivity (Wildman–Crippen MR) is 82.9 cm³/mol. The van der Waals surface area contributed by atoms with Gasteiger partial charge in [-0.3, -0.25) is 4.79 Å². The molecule has 0 heterocycles.